The van der Waals surface area contributed by atoms with E-state index in [2.05, 4.69) is 20.9 Å². The molecule has 1 saturated heterocycles. The first-order valence-electron chi connectivity index (χ1n) is 15.7. The average molecular weight is 806 g/mol. The molecule has 268 valence electrons. The molecule has 4 heterocycles. The number of aromatic hydroxyl groups is 1. The van der Waals surface area contributed by atoms with Gasteiger partial charge < -0.3 is 23.9 Å². The predicted octanol–water partition coefficient (Wildman–Crippen LogP) is 2.38. The van der Waals surface area contributed by atoms with Crippen molar-refractivity contribution in [3.63, 3.8) is 0 Å². The molecule has 4 aromatic rings. The number of hydrogen-bond acceptors (Lipinski definition) is 10. The second-order valence-corrected chi connectivity index (χ2v) is 14.2. The number of aryl methyl sites for hydroxylation is 2. The van der Waals surface area contributed by atoms with Crippen LogP contribution < -0.4 is 31.1 Å². The van der Waals surface area contributed by atoms with Crippen LogP contribution in [0.2, 0.25) is 0 Å². The van der Waals surface area contributed by atoms with Crippen LogP contribution in [0, 0.1) is 0 Å². The Balaban J connectivity index is 1.32. The number of halogens is 3. The van der Waals surface area contributed by atoms with Gasteiger partial charge in [0.15, 0.2) is 32.7 Å². The predicted molar refractivity (Wildman–Crippen MR) is 189 cm³/mol. The minimum absolute atomic E-state index is 0.0632. The van der Waals surface area contributed by atoms with Crippen molar-refractivity contribution in [2.24, 2.45) is 7.05 Å². The van der Waals surface area contributed by atoms with Gasteiger partial charge in [0.05, 0.1) is 50.4 Å². The summed E-state index contributed by atoms with van der Waals surface area (Å²) in [7, 11) is 5.93. The molecule has 0 radical (unpaired) electrons. The Morgan fingerprint density at radius 2 is 1.65 bits per heavy atom. The lowest BCUT2D eigenvalue weighted by atomic mass is 9.64. The van der Waals surface area contributed by atoms with Crippen LogP contribution in [0.1, 0.15) is 29.6 Å². The number of amides is 2. The smallest absolute Gasteiger partial charge is 0.347 e. The first kappa shape index (κ1) is 34.9. The molecule has 2 aromatic heterocycles. The normalized spacial score (nSPS) is 23.9. The van der Waals surface area contributed by atoms with Crippen molar-refractivity contribution in [3.8, 4) is 23.0 Å². The van der Waals surface area contributed by atoms with Crippen LogP contribution in [-0.4, -0.2) is 81.8 Å². The van der Waals surface area contributed by atoms with Crippen LogP contribution in [-0.2, 0) is 36.1 Å². The van der Waals surface area contributed by atoms with Gasteiger partial charge in [0.1, 0.15) is 5.69 Å². The molecule has 2 aromatic carbocycles. The number of fused-ring (bicyclic) bond motifs is 5. The van der Waals surface area contributed by atoms with E-state index in [1.165, 1.54) is 47.4 Å². The zero-order valence-corrected chi connectivity index (χ0v) is 30.8. The number of rotatable bonds is 8. The molecule has 4 unspecified atom stereocenters. The Kier molecular flexibility index (Phi) is 8.42. The van der Waals surface area contributed by atoms with Crippen molar-refractivity contribution in [3.05, 3.63) is 84.6 Å². The summed E-state index contributed by atoms with van der Waals surface area (Å²) in [5, 5.41) is 10.7. The number of alkyl halides is 3. The Morgan fingerprint density at radius 1 is 0.961 bits per heavy atom. The van der Waals surface area contributed by atoms with Gasteiger partial charge in [-0.3, -0.25) is 19.3 Å². The third-order valence-electron chi connectivity index (χ3n) is 10.1. The molecular weight excluding hydrogens is 775 g/mol. The number of likely N-dealkylation sites (tertiary alicyclic amines) is 1. The molecule has 1 saturated carbocycles. The maximum Gasteiger partial charge on any atom is 0.347 e. The molecule has 2 amide bonds. The molecule has 0 spiro atoms. The number of carbonyl (C=O) groups is 2. The lowest BCUT2D eigenvalue weighted by Crippen LogP contribution is -2.59. The summed E-state index contributed by atoms with van der Waals surface area (Å²) in [6, 6.07) is 6.75. The number of carbonyl (C=O) groups excluding carboxylic acids is 2. The van der Waals surface area contributed by atoms with E-state index in [0.717, 1.165) is 9.47 Å². The first-order chi connectivity index (χ1) is 24.3. The largest absolute Gasteiger partial charge is 0.504 e. The highest BCUT2D eigenvalue weighted by atomic mass is 79.9. The van der Waals surface area contributed by atoms with E-state index in [1.54, 1.807) is 31.3 Å². The summed E-state index contributed by atoms with van der Waals surface area (Å²) in [5.41, 5.74) is -0.0923. The minimum Gasteiger partial charge on any atom is -0.504 e. The molecule has 4 atom stereocenters. The fourth-order valence-electron chi connectivity index (χ4n) is 7.60. The van der Waals surface area contributed by atoms with Gasteiger partial charge in [-0.2, -0.15) is 0 Å². The lowest BCUT2D eigenvalue weighted by molar-refractivity contribution is -0.138. The van der Waals surface area contributed by atoms with Crippen molar-refractivity contribution >= 4 is 62.0 Å². The standard InChI is InChI=1S/C33H31BrCl2N6O9/c1-38-20-13-25(51-4)24(50-3)12-19(20)37-18(27(38)44)8-9-39-30(47)41-10-7-17-21(42(41)31(39)48)14-32(35)28(45)40(15-34)29(46)33(32,36)26(17)16-5-6-23(49-2)22(43)11-16/h5-7,11-13,21,26,43H,8-10,14-15H2,1-4H3. The highest BCUT2D eigenvalue weighted by molar-refractivity contribution is 9.09. The molecule has 0 bridgehead atoms. The summed E-state index contributed by atoms with van der Waals surface area (Å²) < 4.78 is 20.8. The van der Waals surface area contributed by atoms with Crippen LogP contribution >= 0.6 is 39.1 Å². The van der Waals surface area contributed by atoms with E-state index in [0.29, 0.717) is 33.7 Å². The SMILES string of the molecule is COc1ccc(C2C3=CCn4c(=O)n(CCc5nc6cc(OC)c(OC)cc6n(C)c5=O)c(=O)n4C3CC3(Cl)C(=O)N(CBr)C(=O)C23Cl)cc1O. The van der Waals surface area contributed by atoms with Crippen LogP contribution in [0.5, 0.6) is 23.0 Å². The fraction of sp³-hybridized carbons (Fsp3) is 0.394. The Labute approximate surface area is 307 Å². The van der Waals surface area contributed by atoms with Crippen molar-refractivity contribution < 1.29 is 28.9 Å². The van der Waals surface area contributed by atoms with Gasteiger partial charge >= 0.3 is 11.4 Å². The van der Waals surface area contributed by atoms with Crippen LogP contribution in [0.25, 0.3) is 11.0 Å². The number of ether oxygens (including phenoxy) is 3. The summed E-state index contributed by atoms with van der Waals surface area (Å²) in [6.07, 6.45) is 1.34. The number of aromatic nitrogens is 5. The number of methoxy groups -OCH3 is 3. The van der Waals surface area contributed by atoms with Crippen molar-refractivity contribution in [2.45, 2.75) is 47.6 Å². The van der Waals surface area contributed by atoms with Gasteiger partial charge in [-0.15, -0.1) is 23.2 Å². The van der Waals surface area contributed by atoms with Crippen LogP contribution in [0.4, 0.5) is 0 Å². The Morgan fingerprint density at radius 3 is 2.29 bits per heavy atom. The fourth-order valence-corrected chi connectivity index (χ4v) is 9.01. The first-order valence-corrected chi connectivity index (χ1v) is 17.6. The van der Waals surface area contributed by atoms with Gasteiger partial charge in [-0.05, 0) is 23.3 Å². The zero-order chi connectivity index (χ0) is 36.7. The third kappa shape index (κ3) is 4.75. The molecule has 15 nitrogen and oxygen atoms in total. The molecule has 3 aliphatic rings. The molecular formula is C33H31BrCl2N6O9. The minimum atomic E-state index is -2.05. The van der Waals surface area contributed by atoms with Crippen molar-refractivity contribution in [1.82, 2.24) is 28.4 Å². The number of hydrogen-bond donors (Lipinski definition) is 1. The quantitative estimate of drug-likeness (QED) is 0.121. The number of benzene rings is 2. The van der Waals surface area contributed by atoms with Gasteiger partial charge in [0, 0.05) is 44.5 Å². The van der Waals surface area contributed by atoms with E-state index in [-0.39, 0.29) is 48.6 Å². The van der Waals surface area contributed by atoms with E-state index >= 15 is 0 Å². The van der Waals surface area contributed by atoms with Gasteiger partial charge in [0.25, 0.3) is 17.4 Å². The van der Waals surface area contributed by atoms with Gasteiger partial charge in [-0.25, -0.2) is 28.5 Å². The zero-order valence-electron chi connectivity index (χ0n) is 27.7. The molecule has 2 aliphatic heterocycles. The van der Waals surface area contributed by atoms with E-state index in [1.807, 2.05) is 0 Å². The van der Waals surface area contributed by atoms with E-state index < -0.39 is 50.5 Å². The number of nitrogens with zero attached hydrogens (tertiary/aromatic N) is 6. The van der Waals surface area contributed by atoms with Gasteiger partial charge in [0.2, 0.25) is 0 Å². The Bertz CT molecular complexity index is 2380. The van der Waals surface area contributed by atoms with Crippen LogP contribution in [0.3, 0.4) is 0 Å². The Hall–Kier alpha value is -4.54. The van der Waals surface area contributed by atoms with Crippen molar-refractivity contribution in [1.29, 1.82) is 0 Å². The molecule has 1 N–H and O–H groups in total. The second-order valence-electron chi connectivity index (χ2n) is 12.5. The van der Waals surface area contributed by atoms with Crippen molar-refractivity contribution in [2.75, 3.05) is 26.8 Å². The maximum atomic E-state index is 14.2. The number of phenolic OH excluding ortho intramolecular Hbond substituents is 1. The number of phenols is 1. The maximum absolute atomic E-state index is 14.2. The highest BCUT2D eigenvalue weighted by Crippen LogP contribution is 2.63. The summed E-state index contributed by atoms with van der Waals surface area (Å²) >= 11 is 17.6. The van der Waals surface area contributed by atoms with E-state index in [4.69, 9.17) is 37.4 Å². The molecule has 51 heavy (non-hydrogen) atoms. The number of imide groups is 1. The monoisotopic (exact) mass is 804 g/mol. The molecule has 1 aliphatic carbocycles. The lowest BCUT2D eigenvalue weighted by Gasteiger charge is -2.49. The summed E-state index contributed by atoms with van der Waals surface area (Å²) in [5.74, 6) is -1.85. The second kappa shape index (κ2) is 12.3. The summed E-state index contributed by atoms with van der Waals surface area (Å²) in [4.78, 5) is 70.5. The molecule has 18 heteroatoms. The topological polar surface area (TPSA) is 169 Å². The molecule has 2 fully saturated rings. The third-order valence-corrected chi connectivity index (χ3v) is 12.0. The van der Waals surface area contributed by atoms with Gasteiger partial charge in [-0.1, -0.05) is 28.1 Å². The van der Waals surface area contributed by atoms with Crippen LogP contribution in [0.15, 0.2) is 56.4 Å². The highest BCUT2D eigenvalue weighted by Gasteiger charge is 2.75. The van der Waals surface area contributed by atoms with E-state index in [9.17, 15) is 29.1 Å². The average Bonchev–Trinajstić information content (AvgIpc) is 3.45. The summed E-state index contributed by atoms with van der Waals surface area (Å²) in [6.45, 7) is -0.264. The molecule has 7 rings (SSSR count). The number of allylic oxidation sites excluding steroid dienone is 2.